The topological polar surface area (TPSA) is 98.1 Å². The summed E-state index contributed by atoms with van der Waals surface area (Å²) in [6.07, 6.45) is -5.45. The molecule has 0 radical (unpaired) electrons. The van der Waals surface area contributed by atoms with Gasteiger partial charge < -0.3 is 0 Å². The first-order valence-corrected chi connectivity index (χ1v) is 13.5. The molecule has 6 aromatic carbocycles. The van der Waals surface area contributed by atoms with E-state index in [1.54, 1.807) is 54.9 Å². The number of halogens is 6. The van der Waals surface area contributed by atoms with Crippen molar-refractivity contribution in [1.29, 1.82) is 10.5 Å². The van der Waals surface area contributed by atoms with Crippen molar-refractivity contribution in [3.63, 3.8) is 0 Å². The summed E-state index contributed by atoms with van der Waals surface area (Å²) >= 11 is 0. The highest BCUT2D eigenvalue weighted by Crippen LogP contribution is 2.35. The summed E-state index contributed by atoms with van der Waals surface area (Å²) in [4.78, 5) is 17.6. The molecular weight excluding hydrogens is 606 g/mol. The molecule has 0 saturated carbocycles. The lowest BCUT2D eigenvalue weighted by molar-refractivity contribution is -0.138. The highest BCUT2D eigenvalue weighted by Gasteiger charge is 2.31. The molecule has 0 aliphatic carbocycles. The molecule has 7 rings (SSSR count). The molecule has 0 fully saturated rings. The van der Waals surface area contributed by atoms with E-state index < -0.39 is 23.5 Å². The third-order valence-corrected chi connectivity index (χ3v) is 7.80. The highest BCUT2D eigenvalue weighted by atomic mass is 19.4. The first-order valence-electron chi connectivity index (χ1n) is 13.5. The quantitative estimate of drug-likeness (QED) is 0.144. The van der Waals surface area contributed by atoms with Gasteiger partial charge in [0.25, 0.3) is 0 Å². The van der Waals surface area contributed by atoms with E-state index in [4.69, 9.17) is 9.97 Å². The Morgan fingerprint density at radius 1 is 0.478 bits per heavy atom. The second kappa shape index (κ2) is 10.2. The minimum absolute atomic E-state index is 0.185. The maximum atomic E-state index is 13.4. The van der Waals surface area contributed by atoms with Gasteiger partial charge in [0.05, 0.1) is 22.2 Å². The van der Waals surface area contributed by atoms with Crippen LogP contribution in [-0.2, 0) is 12.4 Å². The lowest BCUT2D eigenvalue weighted by Crippen LogP contribution is -2.04. The molecule has 0 N–H and O–H groups in total. The van der Waals surface area contributed by atoms with Crippen LogP contribution in [-0.4, -0.2) is 9.97 Å². The van der Waals surface area contributed by atoms with Gasteiger partial charge in [-0.15, -0.1) is 0 Å². The highest BCUT2D eigenvalue weighted by molar-refractivity contribution is 6.15. The van der Waals surface area contributed by atoms with E-state index in [1.165, 1.54) is 18.2 Å². The van der Waals surface area contributed by atoms with Crippen molar-refractivity contribution in [1.82, 2.24) is 9.97 Å². The van der Waals surface area contributed by atoms with Gasteiger partial charge in [0.1, 0.15) is 21.7 Å². The van der Waals surface area contributed by atoms with Crippen molar-refractivity contribution in [3.05, 3.63) is 107 Å². The van der Waals surface area contributed by atoms with Gasteiger partial charge in [0.15, 0.2) is 0 Å². The minimum atomic E-state index is -4.53. The second-order valence-electron chi connectivity index (χ2n) is 10.4. The lowest BCUT2D eigenvalue weighted by Gasteiger charge is -2.09. The van der Waals surface area contributed by atoms with Gasteiger partial charge in [-0.3, -0.25) is 0 Å². The average molecular weight is 621 g/mol. The molecule has 6 nitrogen and oxygen atoms in total. The Morgan fingerprint density at radius 2 is 0.935 bits per heavy atom. The second-order valence-corrected chi connectivity index (χ2v) is 10.4. The summed E-state index contributed by atoms with van der Waals surface area (Å²) in [6, 6.07) is 19.6. The number of rotatable bonds is 2. The van der Waals surface area contributed by atoms with E-state index in [9.17, 15) is 36.9 Å². The zero-order chi connectivity index (χ0) is 32.4. The number of aromatic nitrogens is 2. The molecule has 12 heteroatoms. The SMILES string of the molecule is N#CN=c1c2cc(-c3ccc(C(F)(F)F)cc3)ccc2c2nc3c(=NC#N)c4cc(-c5cccc(C(F)(F)F)c5)ccc4c3nc12. The zero-order valence-electron chi connectivity index (χ0n) is 23.0. The molecule has 0 saturated heterocycles. The predicted octanol–water partition coefficient (Wildman–Crippen LogP) is 8.10. The third kappa shape index (κ3) is 4.59. The fourth-order valence-corrected chi connectivity index (χ4v) is 5.70. The van der Waals surface area contributed by atoms with Crippen molar-refractivity contribution in [2.45, 2.75) is 12.4 Å². The van der Waals surface area contributed by atoms with Crippen LogP contribution in [0.1, 0.15) is 11.1 Å². The Balaban J connectivity index is 1.46. The number of hydrogen-bond donors (Lipinski definition) is 0. The van der Waals surface area contributed by atoms with Gasteiger partial charge >= 0.3 is 12.4 Å². The average Bonchev–Trinajstić information content (AvgIpc) is 3.50. The van der Waals surface area contributed by atoms with Gasteiger partial charge in [-0.25, -0.2) is 9.97 Å². The molecule has 222 valence electrons. The van der Waals surface area contributed by atoms with Crippen LogP contribution < -0.4 is 10.7 Å². The zero-order valence-corrected chi connectivity index (χ0v) is 23.0. The number of nitrogens with zero attached hydrogens (tertiary/aromatic N) is 6. The van der Waals surface area contributed by atoms with E-state index in [2.05, 4.69) is 9.98 Å². The van der Waals surface area contributed by atoms with Crippen LogP contribution in [0.5, 0.6) is 0 Å². The smallest absolute Gasteiger partial charge is 0.241 e. The van der Waals surface area contributed by atoms with Crippen molar-refractivity contribution in [2.24, 2.45) is 9.98 Å². The fourth-order valence-electron chi connectivity index (χ4n) is 5.70. The van der Waals surface area contributed by atoms with Crippen LogP contribution in [0, 0.1) is 22.9 Å². The minimum Gasteiger partial charge on any atom is -0.241 e. The molecule has 7 aromatic rings. The Morgan fingerprint density at radius 3 is 1.41 bits per heavy atom. The summed E-state index contributed by atoms with van der Waals surface area (Å²) in [5.41, 5.74) is 1.55. The van der Waals surface area contributed by atoms with Crippen molar-refractivity contribution in [3.8, 4) is 34.6 Å². The summed E-state index contributed by atoms with van der Waals surface area (Å²) in [5, 5.41) is 21.5. The number of alkyl halides is 6. The van der Waals surface area contributed by atoms with Gasteiger partial charge in [0, 0.05) is 21.5 Å². The lowest BCUT2D eigenvalue weighted by atomic mass is 10.0. The van der Waals surface area contributed by atoms with E-state index in [0.717, 1.165) is 24.3 Å². The third-order valence-electron chi connectivity index (χ3n) is 7.80. The van der Waals surface area contributed by atoms with Gasteiger partial charge in [-0.05, 0) is 58.7 Å². The molecule has 0 aliphatic rings. The van der Waals surface area contributed by atoms with Gasteiger partial charge in [-0.2, -0.15) is 46.9 Å². The molecule has 0 spiro atoms. The Bertz CT molecular complexity index is 2580. The van der Waals surface area contributed by atoms with Crippen molar-refractivity contribution >= 4 is 43.6 Å². The number of benzene rings is 4. The summed E-state index contributed by atoms with van der Waals surface area (Å²) in [5.74, 6) is 0. The Labute approximate surface area is 254 Å². The first-order chi connectivity index (χ1) is 22.0. The molecule has 0 amide bonds. The fraction of sp³-hybridized carbons (Fsp3) is 0.0588. The molecule has 46 heavy (non-hydrogen) atoms. The first kappa shape index (κ1) is 28.6. The molecule has 0 atom stereocenters. The maximum Gasteiger partial charge on any atom is 0.416 e. The van der Waals surface area contributed by atoms with Crippen LogP contribution in [0.3, 0.4) is 0 Å². The van der Waals surface area contributed by atoms with Crippen LogP contribution in [0.25, 0.3) is 65.9 Å². The molecule has 0 unspecified atom stereocenters. The monoisotopic (exact) mass is 620 g/mol. The normalized spacial score (nSPS) is 13.2. The Hall–Kier alpha value is -6.14. The van der Waals surface area contributed by atoms with E-state index in [-0.39, 0.29) is 21.7 Å². The number of fused-ring (bicyclic) bond motifs is 6. The summed E-state index contributed by atoms with van der Waals surface area (Å²) in [6.45, 7) is 0. The van der Waals surface area contributed by atoms with Crippen molar-refractivity contribution in [2.75, 3.05) is 0 Å². The van der Waals surface area contributed by atoms with Crippen molar-refractivity contribution < 1.29 is 26.3 Å². The predicted molar refractivity (Wildman–Crippen MR) is 158 cm³/mol. The molecule has 1 heterocycles. The molecule has 0 aliphatic heterocycles. The maximum absolute atomic E-state index is 13.4. The number of hydrogen-bond acceptors (Lipinski definition) is 6. The number of nitriles is 2. The van der Waals surface area contributed by atoms with Crippen LogP contribution in [0.2, 0.25) is 0 Å². The van der Waals surface area contributed by atoms with Crippen LogP contribution in [0.4, 0.5) is 26.3 Å². The Kier molecular flexibility index (Phi) is 6.35. The summed E-state index contributed by atoms with van der Waals surface area (Å²) in [7, 11) is 0. The van der Waals surface area contributed by atoms with E-state index in [0.29, 0.717) is 54.8 Å². The standard InChI is InChI=1S/C34H14F6N6/c35-33(36,37)21-8-4-17(5-9-21)19-6-10-23-25(13-19)27(43-15-41)31-29(23)45-32-28(44-16-42)26-14-20(7-11-24(26)30(32)46-31)18-2-1-3-22(12-18)34(38,39)40/h1-14H. The molecule has 1 aromatic heterocycles. The van der Waals surface area contributed by atoms with E-state index in [1.807, 2.05) is 0 Å². The molecule has 0 bridgehead atoms. The summed E-state index contributed by atoms with van der Waals surface area (Å²) < 4.78 is 79.4. The van der Waals surface area contributed by atoms with Crippen LogP contribution >= 0.6 is 0 Å². The van der Waals surface area contributed by atoms with Crippen LogP contribution in [0.15, 0.2) is 94.9 Å². The molecular formula is C34H14F6N6. The van der Waals surface area contributed by atoms with E-state index >= 15 is 0 Å². The largest absolute Gasteiger partial charge is 0.416 e. The van der Waals surface area contributed by atoms with Gasteiger partial charge in [-0.1, -0.05) is 48.5 Å². The van der Waals surface area contributed by atoms with Gasteiger partial charge in [0.2, 0.25) is 12.4 Å².